The van der Waals surface area contributed by atoms with E-state index in [2.05, 4.69) is 14.9 Å². The molecule has 9 heteroatoms. The van der Waals surface area contributed by atoms with E-state index in [4.69, 9.17) is 28.9 Å². The molecule has 0 aliphatic heterocycles. The number of benzene rings is 1. The van der Waals surface area contributed by atoms with E-state index < -0.39 is 10.0 Å². The van der Waals surface area contributed by atoms with E-state index in [-0.39, 0.29) is 22.3 Å². The van der Waals surface area contributed by atoms with E-state index in [9.17, 15) is 8.42 Å². The highest BCUT2D eigenvalue weighted by atomic mass is 35.5. The molecule has 4 N–H and O–H groups in total. The Morgan fingerprint density at radius 3 is 2.74 bits per heavy atom. The van der Waals surface area contributed by atoms with Gasteiger partial charge in [-0.05, 0) is 18.2 Å². The zero-order valence-corrected chi connectivity index (χ0v) is 11.9. The highest BCUT2D eigenvalue weighted by molar-refractivity contribution is 7.92. The van der Waals surface area contributed by atoms with Gasteiger partial charge in [0.1, 0.15) is 0 Å². The number of hydrogen-bond acceptors (Lipinski definition) is 4. The Bertz CT molecular complexity index is 699. The van der Waals surface area contributed by atoms with Crippen LogP contribution in [-0.2, 0) is 16.6 Å². The minimum atomic E-state index is -3.82. The summed E-state index contributed by atoms with van der Waals surface area (Å²) in [6.45, 7) is 0.0566. The molecule has 1 heterocycles. The summed E-state index contributed by atoms with van der Waals surface area (Å²) in [5.74, 6) is 0. The molecule has 0 unspecified atom stereocenters. The first kappa shape index (κ1) is 14.1. The first-order valence-corrected chi connectivity index (χ1v) is 7.38. The molecule has 2 rings (SSSR count). The molecule has 1 aromatic heterocycles. The quantitative estimate of drug-likeness (QED) is 0.801. The minimum absolute atomic E-state index is 0.0566. The van der Waals surface area contributed by atoms with Crippen LogP contribution in [0.4, 0.5) is 5.69 Å². The van der Waals surface area contributed by atoms with Crippen molar-refractivity contribution in [3.63, 3.8) is 0 Å². The standard InChI is InChI=1S/C10H10Cl2N4O2S/c11-7-1-2-9(8(12)3-7)16-19(17,18)10-6(4-13)5-14-15-10/h1-3,5,16H,4,13H2,(H,14,15). The summed E-state index contributed by atoms with van der Waals surface area (Å²) < 4.78 is 26.6. The van der Waals surface area contributed by atoms with Crippen LogP contribution in [0.3, 0.4) is 0 Å². The van der Waals surface area contributed by atoms with Gasteiger partial charge in [-0.3, -0.25) is 9.82 Å². The Labute approximate surface area is 120 Å². The molecule has 102 valence electrons. The summed E-state index contributed by atoms with van der Waals surface area (Å²) in [5.41, 5.74) is 6.05. The summed E-state index contributed by atoms with van der Waals surface area (Å²) in [6, 6.07) is 4.44. The average Bonchev–Trinajstić information content (AvgIpc) is 2.82. The fraction of sp³-hybridized carbons (Fsp3) is 0.100. The van der Waals surface area contributed by atoms with E-state index >= 15 is 0 Å². The number of H-pyrrole nitrogens is 1. The summed E-state index contributed by atoms with van der Waals surface area (Å²) in [7, 11) is -3.82. The van der Waals surface area contributed by atoms with Gasteiger partial charge in [0, 0.05) is 17.1 Å². The normalized spacial score (nSPS) is 11.5. The lowest BCUT2D eigenvalue weighted by atomic mass is 10.3. The van der Waals surface area contributed by atoms with Crippen molar-refractivity contribution in [3.05, 3.63) is 40.0 Å². The van der Waals surface area contributed by atoms with Crippen LogP contribution in [0, 0.1) is 0 Å². The highest BCUT2D eigenvalue weighted by Gasteiger charge is 2.21. The number of halogens is 2. The number of aromatic amines is 1. The van der Waals surface area contributed by atoms with Crippen LogP contribution in [0.15, 0.2) is 29.4 Å². The van der Waals surface area contributed by atoms with Crippen molar-refractivity contribution in [2.24, 2.45) is 5.73 Å². The van der Waals surface area contributed by atoms with Crippen molar-refractivity contribution in [1.82, 2.24) is 10.2 Å². The van der Waals surface area contributed by atoms with Gasteiger partial charge >= 0.3 is 0 Å². The maximum absolute atomic E-state index is 12.2. The molecule has 0 fully saturated rings. The number of aromatic nitrogens is 2. The van der Waals surface area contributed by atoms with Crippen LogP contribution >= 0.6 is 23.2 Å². The number of hydrogen-bond donors (Lipinski definition) is 3. The van der Waals surface area contributed by atoms with Gasteiger partial charge in [-0.25, -0.2) is 0 Å². The molecule has 19 heavy (non-hydrogen) atoms. The van der Waals surface area contributed by atoms with Crippen LogP contribution in [0.2, 0.25) is 10.0 Å². The van der Waals surface area contributed by atoms with Gasteiger partial charge in [0.05, 0.1) is 16.9 Å². The first-order chi connectivity index (χ1) is 8.94. The van der Waals surface area contributed by atoms with Gasteiger partial charge in [-0.2, -0.15) is 13.5 Å². The molecular formula is C10H10Cl2N4O2S. The molecule has 0 atom stereocenters. The van der Waals surface area contributed by atoms with Crippen LogP contribution in [0.1, 0.15) is 5.56 Å². The summed E-state index contributed by atoms with van der Waals surface area (Å²) in [5, 5.41) is 6.59. The predicted molar refractivity (Wildman–Crippen MR) is 73.7 cm³/mol. The molecule has 2 aromatic rings. The third-order valence-corrected chi connectivity index (χ3v) is 4.27. The molecule has 0 bridgehead atoms. The molecule has 0 saturated carbocycles. The molecule has 0 amide bonds. The Kier molecular flexibility index (Phi) is 4.00. The van der Waals surface area contributed by atoms with Crippen LogP contribution in [-0.4, -0.2) is 18.6 Å². The van der Waals surface area contributed by atoms with Gasteiger partial charge in [0.2, 0.25) is 0 Å². The van der Waals surface area contributed by atoms with Crippen molar-refractivity contribution in [1.29, 1.82) is 0 Å². The lowest BCUT2D eigenvalue weighted by Crippen LogP contribution is -2.16. The summed E-state index contributed by atoms with van der Waals surface area (Å²) in [6.07, 6.45) is 1.36. The van der Waals surface area contributed by atoms with Gasteiger partial charge < -0.3 is 5.73 Å². The van der Waals surface area contributed by atoms with Gasteiger partial charge in [-0.1, -0.05) is 23.2 Å². The third kappa shape index (κ3) is 3.01. The van der Waals surface area contributed by atoms with Gasteiger partial charge in [0.15, 0.2) is 5.03 Å². The Balaban J connectivity index is 2.37. The summed E-state index contributed by atoms with van der Waals surface area (Å²) in [4.78, 5) is 0. The molecular weight excluding hydrogens is 311 g/mol. The Morgan fingerprint density at radius 1 is 1.37 bits per heavy atom. The number of sulfonamides is 1. The lowest BCUT2D eigenvalue weighted by molar-refractivity contribution is 0.596. The lowest BCUT2D eigenvalue weighted by Gasteiger charge is -2.09. The van der Waals surface area contributed by atoms with E-state index in [0.29, 0.717) is 10.6 Å². The largest absolute Gasteiger partial charge is 0.326 e. The average molecular weight is 321 g/mol. The zero-order chi connectivity index (χ0) is 14.0. The second kappa shape index (κ2) is 5.38. The van der Waals surface area contributed by atoms with Gasteiger partial charge in [-0.15, -0.1) is 0 Å². The molecule has 0 radical (unpaired) electrons. The van der Waals surface area contributed by atoms with E-state index in [1.54, 1.807) is 0 Å². The van der Waals surface area contributed by atoms with Crippen LogP contribution in [0.25, 0.3) is 0 Å². The van der Waals surface area contributed by atoms with Crippen LogP contribution in [0.5, 0.6) is 0 Å². The topological polar surface area (TPSA) is 101 Å². The molecule has 6 nitrogen and oxygen atoms in total. The predicted octanol–water partition coefficient (Wildman–Crippen LogP) is 1.98. The maximum atomic E-state index is 12.2. The molecule has 0 aliphatic rings. The van der Waals surface area contributed by atoms with E-state index in [1.165, 1.54) is 24.4 Å². The minimum Gasteiger partial charge on any atom is -0.326 e. The van der Waals surface area contributed by atoms with Gasteiger partial charge in [0.25, 0.3) is 10.0 Å². The maximum Gasteiger partial charge on any atom is 0.279 e. The Morgan fingerprint density at radius 2 is 2.11 bits per heavy atom. The first-order valence-electron chi connectivity index (χ1n) is 5.14. The summed E-state index contributed by atoms with van der Waals surface area (Å²) >= 11 is 11.6. The van der Waals surface area contributed by atoms with E-state index in [0.717, 1.165) is 0 Å². The molecule has 0 spiro atoms. The highest BCUT2D eigenvalue weighted by Crippen LogP contribution is 2.27. The smallest absolute Gasteiger partial charge is 0.279 e. The molecule has 1 aromatic carbocycles. The van der Waals surface area contributed by atoms with Crippen molar-refractivity contribution in [3.8, 4) is 0 Å². The van der Waals surface area contributed by atoms with Crippen molar-refractivity contribution < 1.29 is 8.42 Å². The number of nitrogens with zero attached hydrogens (tertiary/aromatic N) is 1. The fourth-order valence-corrected chi connectivity index (χ4v) is 3.18. The molecule has 0 aliphatic carbocycles. The van der Waals surface area contributed by atoms with Crippen molar-refractivity contribution in [2.45, 2.75) is 11.6 Å². The third-order valence-electron chi connectivity index (χ3n) is 2.34. The SMILES string of the molecule is NCc1cn[nH]c1S(=O)(=O)Nc1ccc(Cl)cc1Cl. The second-order valence-electron chi connectivity index (χ2n) is 3.66. The van der Waals surface area contributed by atoms with E-state index in [1.807, 2.05) is 0 Å². The number of nitrogens with two attached hydrogens (primary N) is 1. The monoisotopic (exact) mass is 320 g/mol. The second-order valence-corrected chi connectivity index (χ2v) is 6.12. The van der Waals surface area contributed by atoms with Crippen molar-refractivity contribution in [2.75, 3.05) is 4.72 Å². The zero-order valence-electron chi connectivity index (χ0n) is 9.52. The Hall–Kier alpha value is -1.28. The van der Waals surface area contributed by atoms with Crippen LogP contribution < -0.4 is 10.5 Å². The number of anilines is 1. The molecule has 0 saturated heterocycles. The van der Waals surface area contributed by atoms with Crippen molar-refractivity contribution >= 4 is 38.9 Å². The number of nitrogens with one attached hydrogen (secondary N) is 2. The number of rotatable bonds is 4. The fourth-order valence-electron chi connectivity index (χ4n) is 1.45.